The highest BCUT2D eigenvalue weighted by molar-refractivity contribution is 9.10. The van der Waals surface area contributed by atoms with Gasteiger partial charge in [-0.05, 0) is 36.2 Å². The average molecular weight is 292 g/mol. The van der Waals surface area contributed by atoms with E-state index in [1.165, 1.54) is 5.56 Å². The zero-order valence-corrected chi connectivity index (χ0v) is 11.5. The first kappa shape index (κ1) is 12.1. The lowest BCUT2D eigenvalue weighted by Gasteiger charge is -2.11. The second kappa shape index (κ2) is 5.32. The number of halogens is 1. The fourth-order valence-corrected chi connectivity index (χ4v) is 2.37. The van der Waals surface area contributed by atoms with Crippen molar-refractivity contribution < 1.29 is 4.74 Å². The maximum atomic E-state index is 5.40. The first-order chi connectivity index (χ1) is 8.26. The second-order valence-corrected chi connectivity index (χ2v) is 4.57. The van der Waals surface area contributed by atoms with Crippen LogP contribution in [0.3, 0.4) is 0 Å². The van der Waals surface area contributed by atoms with Gasteiger partial charge in [0.2, 0.25) is 0 Å². The van der Waals surface area contributed by atoms with E-state index in [0.29, 0.717) is 0 Å². The lowest BCUT2D eigenvalue weighted by atomic mass is 10.1. The normalized spacial score (nSPS) is 10.3. The first-order valence-electron chi connectivity index (χ1n) is 5.54. The van der Waals surface area contributed by atoms with Gasteiger partial charge in [0.1, 0.15) is 5.75 Å². The molecule has 0 amide bonds. The van der Waals surface area contributed by atoms with Crippen molar-refractivity contribution in [1.82, 2.24) is 4.98 Å². The van der Waals surface area contributed by atoms with Gasteiger partial charge in [-0.15, -0.1) is 0 Å². The molecule has 0 unspecified atom stereocenters. The quantitative estimate of drug-likeness (QED) is 0.850. The van der Waals surface area contributed by atoms with E-state index < -0.39 is 0 Å². The fraction of sp³-hybridized carbons (Fsp3) is 0.214. The van der Waals surface area contributed by atoms with Gasteiger partial charge in [-0.25, -0.2) is 0 Å². The third-order valence-corrected chi connectivity index (χ3v) is 3.35. The summed E-state index contributed by atoms with van der Waals surface area (Å²) in [5.74, 6) is 0.913. The average Bonchev–Trinajstić information content (AvgIpc) is 2.39. The molecule has 1 aromatic carbocycles. The summed E-state index contributed by atoms with van der Waals surface area (Å²) in [5, 5.41) is 0. The van der Waals surface area contributed by atoms with E-state index in [0.717, 1.165) is 27.9 Å². The van der Waals surface area contributed by atoms with Crippen molar-refractivity contribution in [3.8, 4) is 17.0 Å². The minimum absolute atomic E-state index is 0.913. The molecule has 3 heteroatoms. The molecule has 1 aromatic heterocycles. The van der Waals surface area contributed by atoms with Gasteiger partial charge in [-0.2, -0.15) is 0 Å². The van der Waals surface area contributed by atoms with E-state index in [4.69, 9.17) is 4.74 Å². The summed E-state index contributed by atoms with van der Waals surface area (Å²) in [6, 6.07) is 10.0. The number of hydrogen-bond donors (Lipinski definition) is 0. The van der Waals surface area contributed by atoms with Crippen LogP contribution < -0.4 is 4.74 Å². The molecule has 88 valence electrons. The molecule has 0 atom stereocenters. The van der Waals surface area contributed by atoms with Gasteiger partial charge >= 0.3 is 0 Å². The van der Waals surface area contributed by atoms with Crippen molar-refractivity contribution in [1.29, 1.82) is 0 Å². The molecule has 1 heterocycles. The van der Waals surface area contributed by atoms with Crippen molar-refractivity contribution in [3.05, 3.63) is 46.6 Å². The minimum Gasteiger partial charge on any atom is -0.496 e. The summed E-state index contributed by atoms with van der Waals surface area (Å²) < 4.78 is 6.45. The van der Waals surface area contributed by atoms with Gasteiger partial charge in [-0.1, -0.05) is 28.9 Å². The van der Waals surface area contributed by atoms with E-state index in [1.807, 2.05) is 24.3 Å². The van der Waals surface area contributed by atoms with Crippen LogP contribution in [0.15, 0.2) is 41.0 Å². The van der Waals surface area contributed by atoms with Crippen molar-refractivity contribution in [2.24, 2.45) is 0 Å². The largest absolute Gasteiger partial charge is 0.496 e. The van der Waals surface area contributed by atoms with Crippen LogP contribution >= 0.6 is 15.9 Å². The van der Waals surface area contributed by atoms with Gasteiger partial charge in [0, 0.05) is 16.2 Å². The Kier molecular flexibility index (Phi) is 3.79. The number of nitrogens with zero attached hydrogens (tertiary/aromatic N) is 1. The minimum atomic E-state index is 0.913. The van der Waals surface area contributed by atoms with E-state index in [2.05, 4.69) is 33.9 Å². The number of aryl methyl sites for hydroxylation is 1. The predicted octanol–water partition coefficient (Wildman–Crippen LogP) is 4.08. The molecule has 0 bridgehead atoms. The van der Waals surface area contributed by atoms with Crippen LogP contribution in [0, 0.1) is 0 Å². The number of aromatic nitrogens is 1. The highest BCUT2D eigenvalue weighted by Gasteiger charge is 2.09. The maximum absolute atomic E-state index is 5.40. The molecule has 0 aliphatic rings. The van der Waals surface area contributed by atoms with Crippen molar-refractivity contribution >= 4 is 15.9 Å². The summed E-state index contributed by atoms with van der Waals surface area (Å²) in [7, 11) is 1.70. The maximum Gasteiger partial charge on any atom is 0.122 e. The number of methoxy groups -OCH3 is 1. The number of benzene rings is 1. The van der Waals surface area contributed by atoms with Crippen LogP contribution in [0.1, 0.15) is 12.5 Å². The topological polar surface area (TPSA) is 22.1 Å². The molecule has 0 fully saturated rings. The Labute approximate surface area is 110 Å². The molecule has 2 rings (SSSR count). The molecule has 0 aliphatic heterocycles. The second-order valence-electron chi connectivity index (χ2n) is 3.71. The molecule has 0 saturated carbocycles. The van der Waals surface area contributed by atoms with Crippen molar-refractivity contribution in [3.63, 3.8) is 0 Å². The Morgan fingerprint density at radius 2 is 2.12 bits per heavy atom. The van der Waals surface area contributed by atoms with Crippen LogP contribution in [0.5, 0.6) is 5.75 Å². The summed E-state index contributed by atoms with van der Waals surface area (Å²) >= 11 is 3.59. The Morgan fingerprint density at radius 3 is 2.71 bits per heavy atom. The molecular formula is C14H14BrNO. The smallest absolute Gasteiger partial charge is 0.122 e. The molecule has 2 aromatic rings. The molecular weight excluding hydrogens is 278 g/mol. The van der Waals surface area contributed by atoms with Crippen LogP contribution in [0.25, 0.3) is 11.3 Å². The lowest BCUT2D eigenvalue weighted by molar-refractivity contribution is 0.410. The van der Waals surface area contributed by atoms with Crippen molar-refractivity contribution in [2.45, 2.75) is 13.3 Å². The monoisotopic (exact) mass is 291 g/mol. The summed E-state index contributed by atoms with van der Waals surface area (Å²) in [4.78, 5) is 4.36. The Balaban J connectivity index is 2.56. The highest BCUT2D eigenvalue weighted by atomic mass is 79.9. The molecule has 17 heavy (non-hydrogen) atoms. The third kappa shape index (κ3) is 2.50. The Morgan fingerprint density at radius 1 is 1.29 bits per heavy atom. The zero-order valence-electron chi connectivity index (χ0n) is 9.90. The van der Waals surface area contributed by atoms with Gasteiger partial charge in [0.15, 0.2) is 0 Å². The van der Waals surface area contributed by atoms with Gasteiger partial charge < -0.3 is 4.74 Å². The van der Waals surface area contributed by atoms with Crippen LogP contribution in [0.2, 0.25) is 0 Å². The first-order valence-corrected chi connectivity index (χ1v) is 6.33. The van der Waals surface area contributed by atoms with Crippen molar-refractivity contribution in [2.75, 3.05) is 7.11 Å². The molecule has 0 saturated heterocycles. The Bertz CT molecular complexity index is 511. The van der Waals surface area contributed by atoms with E-state index >= 15 is 0 Å². The summed E-state index contributed by atoms with van der Waals surface area (Å²) in [6.45, 7) is 2.12. The van der Waals surface area contributed by atoms with Crippen LogP contribution in [-0.2, 0) is 6.42 Å². The number of pyridine rings is 1. The molecule has 0 radical (unpaired) electrons. The van der Waals surface area contributed by atoms with Gasteiger partial charge in [-0.3, -0.25) is 4.98 Å². The van der Waals surface area contributed by atoms with E-state index in [9.17, 15) is 0 Å². The predicted molar refractivity (Wildman–Crippen MR) is 73.3 cm³/mol. The standard InChI is InChI=1S/C14H14BrNO/c1-3-10-8-12(15)11(9-14(10)17-2)13-6-4-5-7-16-13/h4-9H,3H2,1-2H3. The SMILES string of the molecule is CCc1cc(Br)c(-c2ccccn2)cc1OC. The summed E-state index contributed by atoms with van der Waals surface area (Å²) in [6.07, 6.45) is 2.74. The van der Waals surface area contributed by atoms with Crippen LogP contribution in [-0.4, -0.2) is 12.1 Å². The van der Waals surface area contributed by atoms with E-state index in [1.54, 1.807) is 13.3 Å². The van der Waals surface area contributed by atoms with E-state index in [-0.39, 0.29) is 0 Å². The van der Waals surface area contributed by atoms with Gasteiger partial charge in [0.25, 0.3) is 0 Å². The fourth-order valence-electron chi connectivity index (χ4n) is 1.78. The third-order valence-electron chi connectivity index (χ3n) is 2.69. The number of rotatable bonds is 3. The Hall–Kier alpha value is -1.35. The molecule has 0 aliphatic carbocycles. The molecule has 0 spiro atoms. The molecule has 0 N–H and O–H groups in total. The summed E-state index contributed by atoms with van der Waals surface area (Å²) in [5.41, 5.74) is 3.19. The lowest BCUT2D eigenvalue weighted by Crippen LogP contribution is -1.93. The van der Waals surface area contributed by atoms with Crippen LogP contribution in [0.4, 0.5) is 0 Å². The number of ether oxygens (including phenoxy) is 1. The van der Waals surface area contributed by atoms with Gasteiger partial charge in [0.05, 0.1) is 12.8 Å². The number of hydrogen-bond acceptors (Lipinski definition) is 2. The highest BCUT2D eigenvalue weighted by Crippen LogP contribution is 2.33. The molecule has 2 nitrogen and oxygen atoms in total. The zero-order chi connectivity index (χ0) is 12.3.